The summed E-state index contributed by atoms with van der Waals surface area (Å²) in [4.78, 5) is 33.5. The molecule has 5 rings (SSSR count). The quantitative estimate of drug-likeness (QED) is 0.298. The van der Waals surface area contributed by atoms with E-state index in [2.05, 4.69) is 15.3 Å². The number of pyridine rings is 1. The number of nitrogens with zero attached hydrogens (tertiary/aromatic N) is 2. The minimum absolute atomic E-state index is 0.0154. The van der Waals surface area contributed by atoms with Crippen LogP contribution in [0, 0.1) is 12.7 Å². The number of carbonyl (C=O) groups excluding carboxylic acids is 2. The molecule has 3 heterocycles. The summed E-state index contributed by atoms with van der Waals surface area (Å²) in [5.74, 6) is -2.34. The van der Waals surface area contributed by atoms with Gasteiger partial charge in [-0.15, -0.1) is 11.3 Å². The number of amides is 2. The molecule has 4 N–H and O–H groups in total. The van der Waals surface area contributed by atoms with Crippen molar-refractivity contribution in [3.05, 3.63) is 76.2 Å². The zero-order valence-corrected chi connectivity index (χ0v) is 21.9. The Kier molecular flexibility index (Phi) is 6.54. The maximum Gasteiger partial charge on any atom is 0.424 e. The maximum absolute atomic E-state index is 14.5. The smallest absolute Gasteiger partial charge is 0.424 e. The molecule has 40 heavy (non-hydrogen) atoms. The molecule has 4 aromatic rings. The summed E-state index contributed by atoms with van der Waals surface area (Å²) in [6.07, 6.45) is -5.32. The molecule has 208 valence electrons. The zero-order valence-electron chi connectivity index (χ0n) is 21.1. The molecule has 1 aliphatic heterocycles. The summed E-state index contributed by atoms with van der Waals surface area (Å²) in [6.45, 7) is 1.60. The van der Waals surface area contributed by atoms with Gasteiger partial charge < -0.3 is 20.9 Å². The molecule has 0 fully saturated rings. The van der Waals surface area contributed by atoms with Gasteiger partial charge in [0.25, 0.3) is 5.91 Å². The van der Waals surface area contributed by atoms with Gasteiger partial charge in [-0.05, 0) is 62.4 Å². The van der Waals surface area contributed by atoms with E-state index in [0.717, 1.165) is 23.2 Å². The molecule has 13 heteroatoms. The summed E-state index contributed by atoms with van der Waals surface area (Å²) in [6, 6.07) is 10.1. The fourth-order valence-corrected chi connectivity index (χ4v) is 5.30. The van der Waals surface area contributed by atoms with Crippen LogP contribution in [0.4, 0.5) is 17.6 Å². The van der Waals surface area contributed by atoms with Crippen molar-refractivity contribution < 1.29 is 37.0 Å². The first-order valence-corrected chi connectivity index (χ1v) is 12.7. The number of aromatic nitrogens is 2. The van der Waals surface area contributed by atoms with Crippen molar-refractivity contribution >= 4 is 33.4 Å². The SMILES string of the molecule is Cc1nc2ccc(C(=O)NC[C@](O)(c3cc4c(c(-c5ccc(F)cc5)n3)OC[C@]4(C)C(N)=O)C(F)(F)F)cc2s1. The number of rotatable bonds is 6. The van der Waals surface area contributed by atoms with Crippen molar-refractivity contribution in [3.63, 3.8) is 0 Å². The molecule has 0 bridgehead atoms. The Balaban J connectivity index is 1.58. The topological polar surface area (TPSA) is 127 Å². The number of aryl methyl sites for hydroxylation is 1. The Bertz CT molecular complexity index is 1660. The van der Waals surface area contributed by atoms with E-state index in [0.29, 0.717) is 10.2 Å². The lowest BCUT2D eigenvalue weighted by molar-refractivity contribution is -0.265. The van der Waals surface area contributed by atoms with Crippen molar-refractivity contribution in [2.24, 2.45) is 5.73 Å². The minimum atomic E-state index is -5.32. The van der Waals surface area contributed by atoms with Crippen LogP contribution in [-0.2, 0) is 15.8 Å². The summed E-state index contributed by atoms with van der Waals surface area (Å²) < 4.78 is 63.5. The Labute approximate surface area is 228 Å². The number of nitrogens with two attached hydrogens (primary N) is 1. The second kappa shape index (κ2) is 9.52. The van der Waals surface area contributed by atoms with E-state index in [-0.39, 0.29) is 34.7 Å². The molecule has 2 aromatic heterocycles. The second-order valence-electron chi connectivity index (χ2n) is 9.68. The normalized spacial score (nSPS) is 18.2. The van der Waals surface area contributed by atoms with Gasteiger partial charge in [-0.1, -0.05) is 0 Å². The Morgan fingerprint density at radius 1 is 1.15 bits per heavy atom. The van der Waals surface area contributed by atoms with Crippen LogP contribution in [0.25, 0.3) is 21.5 Å². The average molecular weight is 575 g/mol. The van der Waals surface area contributed by atoms with E-state index in [9.17, 15) is 32.3 Å². The van der Waals surface area contributed by atoms with Crippen molar-refractivity contribution in [2.45, 2.75) is 31.0 Å². The molecule has 0 aliphatic carbocycles. The lowest BCUT2D eigenvalue weighted by Gasteiger charge is -2.31. The van der Waals surface area contributed by atoms with Crippen LogP contribution >= 0.6 is 11.3 Å². The third-order valence-electron chi connectivity index (χ3n) is 6.89. The van der Waals surface area contributed by atoms with E-state index < -0.39 is 47.1 Å². The number of primary amides is 1. The second-order valence-corrected chi connectivity index (χ2v) is 10.9. The molecule has 2 atom stereocenters. The van der Waals surface area contributed by atoms with Crippen LogP contribution in [0.2, 0.25) is 0 Å². The molecular weight excluding hydrogens is 552 g/mol. The van der Waals surface area contributed by atoms with Gasteiger partial charge in [0, 0.05) is 16.7 Å². The number of halogens is 4. The van der Waals surface area contributed by atoms with E-state index in [4.69, 9.17) is 10.5 Å². The molecule has 1 aliphatic rings. The largest absolute Gasteiger partial charge is 0.489 e. The van der Waals surface area contributed by atoms with Gasteiger partial charge >= 0.3 is 6.18 Å². The average Bonchev–Trinajstić information content (AvgIpc) is 3.45. The summed E-state index contributed by atoms with van der Waals surface area (Å²) in [7, 11) is 0. The van der Waals surface area contributed by atoms with E-state index >= 15 is 0 Å². The number of aliphatic hydroxyl groups is 1. The number of benzene rings is 2. The fraction of sp³-hybridized carbons (Fsp3) is 0.259. The van der Waals surface area contributed by atoms with Crippen LogP contribution in [-0.4, -0.2) is 46.2 Å². The molecule has 0 unspecified atom stereocenters. The number of thiazole rings is 1. The first kappa shape index (κ1) is 27.5. The molecule has 0 saturated heterocycles. The first-order valence-electron chi connectivity index (χ1n) is 11.9. The number of nitrogens with one attached hydrogen (secondary N) is 1. The standard InChI is InChI=1S/C27H22F4N4O4S/c1-13-34-18-8-5-15(9-19(18)40-13)23(36)33-11-26(38,27(29,30)31)20-10-17-22(39-12-25(17,2)24(32)37)21(35-20)14-3-6-16(28)7-4-14/h3-10,38H,11-12H2,1-2H3,(H2,32,37)(H,33,36)/t25-,26-/m0/s1. The highest BCUT2D eigenvalue weighted by atomic mass is 32.1. The predicted octanol–water partition coefficient (Wildman–Crippen LogP) is 4.12. The van der Waals surface area contributed by atoms with Gasteiger partial charge in [-0.2, -0.15) is 13.2 Å². The lowest BCUT2D eigenvalue weighted by Crippen LogP contribution is -2.51. The third-order valence-corrected chi connectivity index (χ3v) is 7.82. The van der Waals surface area contributed by atoms with Gasteiger partial charge in [-0.3, -0.25) is 9.59 Å². The lowest BCUT2D eigenvalue weighted by atomic mass is 9.81. The molecule has 2 amide bonds. The highest BCUT2D eigenvalue weighted by molar-refractivity contribution is 7.18. The van der Waals surface area contributed by atoms with Crippen LogP contribution < -0.4 is 15.8 Å². The highest BCUT2D eigenvalue weighted by Gasteiger charge is 2.57. The Morgan fingerprint density at radius 2 is 1.85 bits per heavy atom. The van der Waals surface area contributed by atoms with Crippen LogP contribution in [0.1, 0.15) is 33.5 Å². The zero-order chi connectivity index (χ0) is 29.0. The van der Waals surface area contributed by atoms with Crippen LogP contribution in [0.15, 0.2) is 48.5 Å². The molecule has 0 saturated carbocycles. The Morgan fingerprint density at radius 3 is 2.50 bits per heavy atom. The van der Waals surface area contributed by atoms with Crippen molar-refractivity contribution in [1.82, 2.24) is 15.3 Å². The molecule has 2 aromatic carbocycles. The number of carbonyl (C=O) groups is 2. The third kappa shape index (κ3) is 4.54. The number of ether oxygens (including phenoxy) is 1. The first-order chi connectivity index (χ1) is 18.7. The molecular formula is C27H22F4N4O4S. The van der Waals surface area contributed by atoms with Gasteiger partial charge in [-0.25, -0.2) is 14.4 Å². The molecule has 0 radical (unpaired) electrons. The highest BCUT2D eigenvalue weighted by Crippen LogP contribution is 2.47. The van der Waals surface area contributed by atoms with Gasteiger partial charge in [0.05, 0.1) is 27.5 Å². The van der Waals surface area contributed by atoms with Crippen LogP contribution in [0.3, 0.4) is 0 Å². The monoisotopic (exact) mass is 574 g/mol. The van der Waals surface area contributed by atoms with Crippen LogP contribution in [0.5, 0.6) is 5.75 Å². The fourth-order valence-electron chi connectivity index (χ4n) is 4.43. The minimum Gasteiger partial charge on any atom is -0.489 e. The number of alkyl halides is 3. The van der Waals surface area contributed by atoms with E-state index in [1.165, 1.54) is 42.5 Å². The maximum atomic E-state index is 14.5. The van der Waals surface area contributed by atoms with Gasteiger partial charge in [0.2, 0.25) is 11.5 Å². The summed E-state index contributed by atoms with van der Waals surface area (Å²) >= 11 is 1.32. The number of fused-ring (bicyclic) bond motifs is 2. The van der Waals surface area contributed by atoms with Gasteiger partial charge in [0.1, 0.15) is 29.3 Å². The molecule has 8 nitrogen and oxygen atoms in total. The summed E-state index contributed by atoms with van der Waals surface area (Å²) in [5, 5.41) is 14.0. The van der Waals surface area contributed by atoms with E-state index in [1.807, 2.05) is 0 Å². The Hall–Kier alpha value is -4.10. The van der Waals surface area contributed by atoms with Crippen molar-refractivity contribution in [3.8, 4) is 17.0 Å². The van der Waals surface area contributed by atoms with Gasteiger partial charge in [0.15, 0.2) is 0 Å². The number of hydrogen-bond donors (Lipinski definition) is 3. The van der Waals surface area contributed by atoms with Crippen molar-refractivity contribution in [1.29, 1.82) is 0 Å². The summed E-state index contributed by atoms with van der Waals surface area (Å²) in [5.41, 5.74) is 0.159. The van der Waals surface area contributed by atoms with E-state index in [1.54, 1.807) is 13.0 Å². The van der Waals surface area contributed by atoms with Crippen molar-refractivity contribution in [2.75, 3.05) is 13.2 Å². The molecule has 0 spiro atoms. The predicted molar refractivity (Wildman–Crippen MR) is 138 cm³/mol. The number of hydrogen-bond acceptors (Lipinski definition) is 7.